The van der Waals surface area contributed by atoms with Gasteiger partial charge in [-0.3, -0.25) is 4.79 Å². The summed E-state index contributed by atoms with van der Waals surface area (Å²) in [4.78, 5) is 16.9. The van der Waals surface area contributed by atoms with Crippen LogP contribution in [-0.4, -0.2) is 29.7 Å². The molecule has 200 valence electrons. The molecule has 1 saturated carbocycles. The van der Waals surface area contributed by atoms with E-state index in [0.717, 1.165) is 40.4 Å². The van der Waals surface area contributed by atoms with E-state index in [4.69, 9.17) is 14.5 Å². The molecular weight excluding hydrogens is 462 g/mol. The zero-order chi connectivity index (χ0) is 26.7. The highest BCUT2D eigenvalue weighted by Crippen LogP contribution is 2.45. The van der Waals surface area contributed by atoms with Crippen molar-refractivity contribution in [2.45, 2.75) is 78.7 Å². The van der Waals surface area contributed by atoms with Gasteiger partial charge in [0.15, 0.2) is 0 Å². The van der Waals surface area contributed by atoms with Crippen molar-refractivity contribution in [1.29, 1.82) is 0 Å². The number of benzene rings is 2. The number of carbonyl (C=O) groups excluding carboxylic acids is 1. The van der Waals surface area contributed by atoms with Crippen molar-refractivity contribution in [1.82, 2.24) is 9.55 Å². The number of imidazole rings is 1. The van der Waals surface area contributed by atoms with Gasteiger partial charge in [-0.2, -0.15) is 0 Å². The van der Waals surface area contributed by atoms with E-state index in [9.17, 15) is 4.79 Å². The molecule has 1 aliphatic rings. The lowest BCUT2D eigenvalue weighted by molar-refractivity contribution is -0.140. The SMILES string of the molecule is COC(=O)CCc1cc2nc(Nc3ccc(C(C)C)cc3)n([C@@H]3C[C@H](C)CC[C@H]3C(C)C)c2cc1OC. The van der Waals surface area contributed by atoms with Crippen LogP contribution in [0.25, 0.3) is 11.0 Å². The second-order valence-corrected chi connectivity index (χ2v) is 11.3. The second kappa shape index (κ2) is 11.6. The number of fused-ring (bicyclic) bond motifs is 1. The molecule has 1 N–H and O–H groups in total. The molecule has 0 amide bonds. The van der Waals surface area contributed by atoms with Crippen LogP contribution < -0.4 is 10.1 Å². The average Bonchev–Trinajstić information content (AvgIpc) is 3.22. The van der Waals surface area contributed by atoms with Gasteiger partial charge in [-0.15, -0.1) is 0 Å². The van der Waals surface area contributed by atoms with Crippen LogP contribution in [0.15, 0.2) is 36.4 Å². The first-order chi connectivity index (χ1) is 17.7. The third kappa shape index (κ3) is 5.94. The quantitative estimate of drug-likeness (QED) is 0.303. The number of aryl methyl sites for hydroxylation is 1. The van der Waals surface area contributed by atoms with Gasteiger partial charge in [0.1, 0.15) is 5.75 Å². The molecule has 0 bridgehead atoms. The van der Waals surface area contributed by atoms with Crippen molar-refractivity contribution in [3.05, 3.63) is 47.5 Å². The number of methoxy groups -OCH3 is 2. The molecule has 0 unspecified atom stereocenters. The zero-order valence-electron chi connectivity index (χ0n) is 23.5. The molecule has 1 fully saturated rings. The maximum Gasteiger partial charge on any atom is 0.305 e. The summed E-state index contributed by atoms with van der Waals surface area (Å²) in [5, 5.41) is 3.65. The summed E-state index contributed by atoms with van der Waals surface area (Å²) >= 11 is 0. The highest BCUT2D eigenvalue weighted by Gasteiger charge is 2.34. The van der Waals surface area contributed by atoms with Crippen LogP contribution >= 0.6 is 0 Å². The Balaban J connectivity index is 1.82. The number of nitrogens with zero attached hydrogens (tertiary/aromatic N) is 2. The van der Waals surface area contributed by atoms with Crippen LogP contribution in [0.5, 0.6) is 5.75 Å². The first-order valence-electron chi connectivity index (χ1n) is 13.7. The number of rotatable bonds is 9. The normalized spacial score (nSPS) is 20.0. The van der Waals surface area contributed by atoms with Crippen LogP contribution in [-0.2, 0) is 16.0 Å². The van der Waals surface area contributed by atoms with Crippen LogP contribution in [0.3, 0.4) is 0 Å². The Labute approximate surface area is 221 Å². The van der Waals surface area contributed by atoms with Crippen LogP contribution in [0.4, 0.5) is 11.6 Å². The summed E-state index contributed by atoms with van der Waals surface area (Å²) in [6.45, 7) is 11.5. The minimum Gasteiger partial charge on any atom is -0.496 e. The molecule has 0 radical (unpaired) electrons. The van der Waals surface area contributed by atoms with Gasteiger partial charge in [0.25, 0.3) is 0 Å². The maximum absolute atomic E-state index is 11.8. The zero-order valence-corrected chi connectivity index (χ0v) is 23.5. The van der Waals surface area contributed by atoms with Crippen molar-refractivity contribution in [3.63, 3.8) is 0 Å². The van der Waals surface area contributed by atoms with Crippen LogP contribution in [0.1, 0.15) is 83.4 Å². The van der Waals surface area contributed by atoms with Crippen molar-refractivity contribution in [2.75, 3.05) is 19.5 Å². The summed E-state index contributed by atoms with van der Waals surface area (Å²) in [6.07, 6.45) is 4.48. The topological polar surface area (TPSA) is 65.4 Å². The second-order valence-electron chi connectivity index (χ2n) is 11.3. The Hall–Kier alpha value is -3.02. The first-order valence-corrected chi connectivity index (χ1v) is 13.7. The third-order valence-electron chi connectivity index (χ3n) is 8.07. The van der Waals surface area contributed by atoms with E-state index in [0.29, 0.717) is 42.6 Å². The molecule has 4 rings (SSSR count). The largest absolute Gasteiger partial charge is 0.496 e. The Morgan fingerprint density at radius 1 is 1.11 bits per heavy atom. The van der Waals surface area contributed by atoms with Crippen molar-refractivity contribution in [2.24, 2.45) is 17.8 Å². The van der Waals surface area contributed by atoms with E-state index in [1.54, 1.807) is 7.11 Å². The predicted molar refractivity (Wildman–Crippen MR) is 151 cm³/mol. The van der Waals surface area contributed by atoms with E-state index in [1.807, 2.05) is 0 Å². The molecule has 1 heterocycles. The number of hydrogen-bond acceptors (Lipinski definition) is 5. The summed E-state index contributed by atoms with van der Waals surface area (Å²) in [5.41, 5.74) is 5.31. The Morgan fingerprint density at radius 3 is 2.46 bits per heavy atom. The molecule has 3 atom stereocenters. The molecule has 37 heavy (non-hydrogen) atoms. The van der Waals surface area contributed by atoms with Gasteiger partial charge in [0, 0.05) is 24.2 Å². The van der Waals surface area contributed by atoms with E-state index in [2.05, 4.69) is 80.9 Å². The Kier molecular flexibility index (Phi) is 8.46. The summed E-state index contributed by atoms with van der Waals surface area (Å²) in [6, 6.07) is 13.2. The van der Waals surface area contributed by atoms with Crippen molar-refractivity contribution in [3.8, 4) is 5.75 Å². The van der Waals surface area contributed by atoms with E-state index in [1.165, 1.54) is 25.5 Å². The van der Waals surface area contributed by atoms with Gasteiger partial charge in [-0.1, -0.05) is 53.2 Å². The number of hydrogen-bond donors (Lipinski definition) is 1. The highest BCUT2D eigenvalue weighted by molar-refractivity contribution is 5.83. The van der Waals surface area contributed by atoms with Gasteiger partial charge in [0.2, 0.25) is 5.95 Å². The van der Waals surface area contributed by atoms with Crippen LogP contribution in [0.2, 0.25) is 0 Å². The molecule has 3 aromatic rings. The van der Waals surface area contributed by atoms with Crippen molar-refractivity contribution < 1.29 is 14.3 Å². The number of nitrogens with one attached hydrogen (secondary N) is 1. The maximum atomic E-state index is 11.8. The molecule has 0 saturated heterocycles. The lowest BCUT2D eigenvalue weighted by Crippen LogP contribution is -2.30. The average molecular weight is 506 g/mol. The molecular formula is C31H43N3O3. The molecule has 0 aliphatic heterocycles. The summed E-state index contributed by atoms with van der Waals surface area (Å²) in [7, 11) is 3.12. The fourth-order valence-electron chi connectivity index (χ4n) is 5.84. The van der Waals surface area contributed by atoms with Gasteiger partial charge in [-0.25, -0.2) is 4.98 Å². The minimum absolute atomic E-state index is 0.226. The number of anilines is 2. The number of ether oxygens (including phenoxy) is 2. The van der Waals surface area contributed by atoms with E-state index in [-0.39, 0.29) is 5.97 Å². The van der Waals surface area contributed by atoms with E-state index < -0.39 is 0 Å². The number of esters is 1. The van der Waals surface area contributed by atoms with Crippen LogP contribution in [0, 0.1) is 17.8 Å². The first kappa shape index (κ1) is 27.0. The third-order valence-corrected chi connectivity index (χ3v) is 8.07. The monoisotopic (exact) mass is 505 g/mol. The Morgan fingerprint density at radius 2 is 1.84 bits per heavy atom. The molecule has 6 nitrogen and oxygen atoms in total. The highest BCUT2D eigenvalue weighted by atomic mass is 16.5. The summed E-state index contributed by atoms with van der Waals surface area (Å²) in [5.74, 6) is 3.73. The Bertz CT molecular complexity index is 1210. The predicted octanol–water partition coefficient (Wildman–Crippen LogP) is 7.65. The van der Waals surface area contributed by atoms with Gasteiger partial charge in [-0.05, 0) is 72.3 Å². The van der Waals surface area contributed by atoms with E-state index >= 15 is 0 Å². The standard InChI is InChI=1S/C31H43N3O3/c1-19(2)22-9-12-24(13-10-22)32-31-33-26-17-23(11-15-30(35)37-7)29(36-6)18-28(26)34(31)27-16-21(5)8-14-25(27)20(3)4/h9-10,12-13,17-21,25,27H,8,11,14-16H2,1-7H3,(H,32,33)/t21-,25+,27-/m1/s1. The number of aromatic nitrogens is 2. The molecule has 1 aromatic heterocycles. The summed E-state index contributed by atoms with van der Waals surface area (Å²) < 4.78 is 13.1. The molecule has 6 heteroatoms. The molecule has 0 spiro atoms. The van der Waals surface area contributed by atoms with Crippen molar-refractivity contribution >= 4 is 28.6 Å². The smallest absolute Gasteiger partial charge is 0.305 e. The minimum atomic E-state index is -0.226. The van der Waals surface area contributed by atoms with Gasteiger partial charge < -0.3 is 19.4 Å². The van der Waals surface area contributed by atoms with Gasteiger partial charge >= 0.3 is 5.97 Å². The number of carbonyl (C=O) groups is 1. The lowest BCUT2D eigenvalue weighted by Gasteiger charge is -2.39. The fourth-order valence-corrected chi connectivity index (χ4v) is 5.84. The lowest BCUT2D eigenvalue weighted by atomic mass is 9.74. The fraction of sp³-hybridized carbons (Fsp3) is 0.548. The molecule has 1 aliphatic carbocycles. The van der Waals surface area contributed by atoms with Gasteiger partial charge in [0.05, 0.1) is 25.3 Å². The molecule has 2 aromatic carbocycles.